The summed E-state index contributed by atoms with van der Waals surface area (Å²) >= 11 is 0. The Morgan fingerprint density at radius 3 is 2.36 bits per heavy atom. The van der Waals surface area contributed by atoms with E-state index in [1.54, 1.807) is 24.3 Å². The molecular formula is C21H14F3N3O. The number of nitrogens with one attached hydrogen (secondary N) is 2. The molecule has 2 N–H and O–H groups in total. The maximum Gasteiger partial charge on any atom is 0.417 e. The first-order chi connectivity index (χ1) is 13.4. The Hall–Kier alpha value is -3.61. The molecule has 140 valence electrons. The zero-order valence-corrected chi connectivity index (χ0v) is 14.4. The lowest BCUT2D eigenvalue weighted by Gasteiger charge is -2.14. The molecule has 0 aliphatic carbocycles. The molecule has 0 aliphatic rings. The quantitative estimate of drug-likeness (QED) is 0.492. The van der Waals surface area contributed by atoms with Crippen LogP contribution in [0.1, 0.15) is 15.9 Å². The Balaban J connectivity index is 1.71. The number of H-pyrrole nitrogens is 1. The van der Waals surface area contributed by atoms with Crippen molar-refractivity contribution < 1.29 is 18.0 Å². The number of aromatic nitrogens is 2. The summed E-state index contributed by atoms with van der Waals surface area (Å²) in [5.41, 5.74) is 1.10. The van der Waals surface area contributed by atoms with Crippen molar-refractivity contribution in [3.63, 3.8) is 0 Å². The summed E-state index contributed by atoms with van der Waals surface area (Å²) in [5, 5.41) is 2.58. The van der Waals surface area contributed by atoms with Gasteiger partial charge in [0, 0.05) is 5.56 Å². The fourth-order valence-electron chi connectivity index (χ4n) is 3.00. The van der Waals surface area contributed by atoms with Crippen LogP contribution in [0.2, 0.25) is 0 Å². The highest BCUT2D eigenvalue weighted by Gasteiger charge is 2.34. The van der Waals surface area contributed by atoms with Crippen molar-refractivity contribution in [2.75, 3.05) is 5.32 Å². The number of fused-ring (bicyclic) bond motifs is 1. The molecule has 1 aromatic heterocycles. The Bertz CT molecular complexity index is 1130. The second-order valence-corrected chi connectivity index (χ2v) is 6.15. The normalized spacial score (nSPS) is 11.5. The Morgan fingerprint density at radius 2 is 1.57 bits per heavy atom. The standard InChI is InChI=1S/C21H14F3N3O/c22-21(23,24)15-9-3-1-7-13(15)20(28)27-16-10-4-2-8-14(16)19-25-17-11-5-6-12-18(17)26-19/h1-12H,(H,25,26)(H,27,28). The minimum absolute atomic E-state index is 0.364. The highest BCUT2D eigenvalue weighted by Crippen LogP contribution is 2.33. The van der Waals surface area contributed by atoms with E-state index < -0.39 is 23.2 Å². The number of amides is 1. The van der Waals surface area contributed by atoms with Crippen molar-refractivity contribution in [2.24, 2.45) is 0 Å². The number of nitrogens with zero attached hydrogens (tertiary/aromatic N) is 1. The predicted molar refractivity (Wildman–Crippen MR) is 101 cm³/mol. The van der Waals surface area contributed by atoms with Crippen LogP contribution in [-0.2, 0) is 6.18 Å². The number of imidazole rings is 1. The first-order valence-electron chi connectivity index (χ1n) is 8.45. The largest absolute Gasteiger partial charge is 0.417 e. The smallest absolute Gasteiger partial charge is 0.338 e. The number of hydrogen-bond acceptors (Lipinski definition) is 2. The molecule has 4 nitrogen and oxygen atoms in total. The molecule has 0 saturated carbocycles. The molecule has 0 aliphatic heterocycles. The highest BCUT2D eigenvalue weighted by molar-refractivity contribution is 6.07. The van der Waals surface area contributed by atoms with Gasteiger partial charge in [0.2, 0.25) is 0 Å². The third-order valence-corrected chi connectivity index (χ3v) is 4.30. The summed E-state index contributed by atoms with van der Waals surface area (Å²) in [6.45, 7) is 0. The fourth-order valence-corrected chi connectivity index (χ4v) is 3.00. The van der Waals surface area contributed by atoms with Gasteiger partial charge in [-0.1, -0.05) is 36.4 Å². The molecule has 0 saturated heterocycles. The van der Waals surface area contributed by atoms with Gasteiger partial charge in [-0.3, -0.25) is 4.79 Å². The van der Waals surface area contributed by atoms with Gasteiger partial charge >= 0.3 is 6.18 Å². The minimum Gasteiger partial charge on any atom is -0.338 e. The average molecular weight is 381 g/mol. The van der Waals surface area contributed by atoms with E-state index >= 15 is 0 Å². The van der Waals surface area contributed by atoms with Gasteiger partial charge in [0.15, 0.2) is 0 Å². The van der Waals surface area contributed by atoms with E-state index in [0.29, 0.717) is 17.1 Å². The molecule has 0 bridgehead atoms. The topological polar surface area (TPSA) is 57.8 Å². The van der Waals surface area contributed by atoms with Crippen molar-refractivity contribution in [1.29, 1.82) is 0 Å². The molecule has 0 atom stereocenters. The molecule has 4 rings (SSSR count). The van der Waals surface area contributed by atoms with E-state index in [4.69, 9.17) is 0 Å². The van der Waals surface area contributed by atoms with Gasteiger partial charge in [0.05, 0.1) is 27.8 Å². The number of anilines is 1. The number of hydrogen-bond donors (Lipinski definition) is 2. The van der Waals surface area contributed by atoms with Gasteiger partial charge in [0.1, 0.15) is 5.82 Å². The first kappa shape index (κ1) is 17.8. The number of halogens is 3. The first-order valence-corrected chi connectivity index (χ1v) is 8.45. The highest BCUT2D eigenvalue weighted by atomic mass is 19.4. The molecule has 0 unspecified atom stereocenters. The SMILES string of the molecule is O=C(Nc1ccccc1-c1nc2ccccc2[nH]1)c1ccccc1C(F)(F)F. The second-order valence-electron chi connectivity index (χ2n) is 6.15. The zero-order chi connectivity index (χ0) is 19.7. The van der Waals surface area contributed by atoms with Crippen molar-refractivity contribution >= 4 is 22.6 Å². The summed E-state index contributed by atoms with van der Waals surface area (Å²) in [7, 11) is 0. The average Bonchev–Trinajstić information content (AvgIpc) is 3.12. The molecule has 0 radical (unpaired) electrons. The number of para-hydroxylation sites is 3. The van der Waals surface area contributed by atoms with E-state index in [-0.39, 0.29) is 0 Å². The van der Waals surface area contributed by atoms with Gasteiger partial charge in [-0.15, -0.1) is 0 Å². The Labute approximate surface area is 158 Å². The molecule has 28 heavy (non-hydrogen) atoms. The summed E-state index contributed by atoms with van der Waals surface area (Å²) in [6.07, 6.45) is -4.62. The van der Waals surface area contributed by atoms with Gasteiger partial charge in [0.25, 0.3) is 5.91 Å². The van der Waals surface area contributed by atoms with Crippen LogP contribution in [0.4, 0.5) is 18.9 Å². The Kier molecular flexibility index (Phi) is 4.35. The molecular weight excluding hydrogens is 367 g/mol. The van der Waals surface area contributed by atoms with E-state index in [2.05, 4.69) is 15.3 Å². The van der Waals surface area contributed by atoms with Crippen LogP contribution in [0.5, 0.6) is 0 Å². The summed E-state index contributed by atoms with van der Waals surface area (Å²) in [6, 6.07) is 18.9. The van der Waals surface area contributed by atoms with Crippen LogP contribution in [-0.4, -0.2) is 15.9 Å². The lowest BCUT2D eigenvalue weighted by molar-refractivity contribution is -0.137. The molecule has 0 spiro atoms. The summed E-state index contributed by atoms with van der Waals surface area (Å²) in [5.74, 6) is -0.322. The number of rotatable bonds is 3. The molecule has 0 fully saturated rings. The molecule has 7 heteroatoms. The zero-order valence-electron chi connectivity index (χ0n) is 14.4. The number of carbonyl (C=O) groups excluding carboxylic acids is 1. The van der Waals surface area contributed by atoms with Crippen molar-refractivity contribution in [2.45, 2.75) is 6.18 Å². The minimum atomic E-state index is -4.62. The Morgan fingerprint density at radius 1 is 0.893 bits per heavy atom. The maximum absolute atomic E-state index is 13.2. The summed E-state index contributed by atoms with van der Waals surface area (Å²) in [4.78, 5) is 20.2. The van der Waals surface area contributed by atoms with E-state index in [9.17, 15) is 18.0 Å². The predicted octanol–water partition coefficient (Wildman–Crippen LogP) is 5.50. The number of alkyl halides is 3. The van der Waals surface area contributed by atoms with Crippen molar-refractivity contribution in [3.05, 3.63) is 83.9 Å². The van der Waals surface area contributed by atoms with Gasteiger partial charge in [-0.25, -0.2) is 4.98 Å². The van der Waals surface area contributed by atoms with E-state index in [1.807, 2.05) is 24.3 Å². The lowest BCUT2D eigenvalue weighted by atomic mass is 10.1. The van der Waals surface area contributed by atoms with Crippen LogP contribution >= 0.6 is 0 Å². The maximum atomic E-state index is 13.2. The monoisotopic (exact) mass is 381 g/mol. The number of carbonyl (C=O) groups is 1. The third kappa shape index (κ3) is 3.34. The van der Waals surface area contributed by atoms with Crippen molar-refractivity contribution in [3.8, 4) is 11.4 Å². The molecule has 4 aromatic rings. The molecule has 1 heterocycles. The van der Waals surface area contributed by atoms with Crippen LogP contribution < -0.4 is 5.32 Å². The second kappa shape index (κ2) is 6.84. The van der Waals surface area contributed by atoms with Gasteiger partial charge in [-0.2, -0.15) is 13.2 Å². The van der Waals surface area contributed by atoms with E-state index in [0.717, 1.165) is 23.2 Å². The third-order valence-electron chi connectivity index (χ3n) is 4.30. The van der Waals surface area contributed by atoms with Crippen LogP contribution in [0.25, 0.3) is 22.4 Å². The van der Waals surface area contributed by atoms with Gasteiger partial charge in [-0.05, 0) is 36.4 Å². The molecule has 3 aromatic carbocycles. The van der Waals surface area contributed by atoms with Crippen molar-refractivity contribution in [1.82, 2.24) is 9.97 Å². The van der Waals surface area contributed by atoms with Gasteiger partial charge < -0.3 is 10.3 Å². The van der Waals surface area contributed by atoms with Crippen LogP contribution in [0.15, 0.2) is 72.8 Å². The summed E-state index contributed by atoms with van der Waals surface area (Å²) < 4.78 is 39.6. The van der Waals surface area contributed by atoms with Crippen LogP contribution in [0, 0.1) is 0 Å². The molecule has 1 amide bonds. The lowest BCUT2D eigenvalue weighted by Crippen LogP contribution is -2.19. The van der Waals surface area contributed by atoms with E-state index in [1.165, 1.54) is 12.1 Å². The number of benzene rings is 3. The number of aromatic amines is 1. The van der Waals surface area contributed by atoms with Crippen LogP contribution in [0.3, 0.4) is 0 Å². The fraction of sp³-hybridized carbons (Fsp3) is 0.0476.